The summed E-state index contributed by atoms with van der Waals surface area (Å²) in [5, 5.41) is 4.00. The second kappa shape index (κ2) is 5.60. The fourth-order valence-electron chi connectivity index (χ4n) is 2.06. The van der Waals surface area contributed by atoms with E-state index in [-0.39, 0.29) is 6.04 Å². The molecular weight excluding hydrogens is 216 g/mol. The predicted octanol–water partition coefficient (Wildman–Crippen LogP) is 1.68. The third-order valence-electron chi connectivity index (χ3n) is 3.59. The van der Waals surface area contributed by atoms with Gasteiger partial charge in [0.1, 0.15) is 0 Å². The van der Waals surface area contributed by atoms with Crippen LogP contribution >= 0.6 is 0 Å². The van der Waals surface area contributed by atoms with Crippen molar-refractivity contribution in [3.05, 3.63) is 11.7 Å². The molecule has 1 heterocycles. The number of nitrogens with two attached hydrogens (primary N) is 1. The van der Waals surface area contributed by atoms with Crippen LogP contribution in [0.1, 0.15) is 56.8 Å². The SMILES string of the molecule is CCN(CC)CC(N)c1noc(C2CCC2)n1. The molecule has 0 aromatic carbocycles. The van der Waals surface area contributed by atoms with Crippen LogP contribution in [0, 0.1) is 0 Å². The van der Waals surface area contributed by atoms with Gasteiger partial charge >= 0.3 is 0 Å². The Morgan fingerprint density at radius 2 is 2.12 bits per heavy atom. The van der Waals surface area contributed by atoms with Gasteiger partial charge in [-0.05, 0) is 25.9 Å². The largest absolute Gasteiger partial charge is 0.339 e. The number of hydrogen-bond donors (Lipinski definition) is 1. The predicted molar refractivity (Wildman–Crippen MR) is 65.6 cm³/mol. The molecule has 1 unspecified atom stereocenters. The first-order valence-corrected chi connectivity index (χ1v) is 6.56. The maximum absolute atomic E-state index is 6.09. The molecule has 0 radical (unpaired) electrons. The summed E-state index contributed by atoms with van der Waals surface area (Å²) in [7, 11) is 0. The van der Waals surface area contributed by atoms with E-state index in [1.807, 2.05) is 0 Å². The minimum Gasteiger partial charge on any atom is -0.339 e. The minimum atomic E-state index is -0.146. The fraction of sp³-hybridized carbons (Fsp3) is 0.833. The van der Waals surface area contributed by atoms with Crippen LogP contribution in [0.4, 0.5) is 0 Å². The zero-order valence-electron chi connectivity index (χ0n) is 10.7. The number of likely N-dealkylation sites (N-methyl/N-ethyl adjacent to an activating group) is 1. The van der Waals surface area contributed by atoms with E-state index < -0.39 is 0 Å². The van der Waals surface area contributed by atoms with Crippen molar-refractivity contribution in [3.8, 4) is 0 Å². The maximum Gasteiger partial charge on any atom is 0.229 e. The van der Waals surface area contributed by atoms with E-state index in [4.69, 9.17) is 10.3 Å². The van der Waals surface area contributed by atoms with Gasteiger partial charge < -0.3 is 15.2 Å². The van der Waals surface area contributed by atoms with Crippen molar-refractivity contribution in [3.63, 3.8) is 0 Å². The number of hydrogen-bond acceptors (Lipinski definition) is 5. The van der Waals surface area contributed by atoms with Gasteiger partial charge in [-0.3, -0.25) is 0 Å². The highest BCUT2D eigenvalue weighted by atomic mass is 16.5. The molecule has 1 aliphatic carbocycles. The molecule has 1 atom stereocenters. The van der Waals surface area contributed by atoms with Crippen LogP contribution in [-0.4, -0.2) is 34.7 Å². The van der Waals surface area contributed by atoms with Crippen LogP contribution in [0.25, 0.3) is 0 Å². The first-order valence-electron chi connectivity index (χ1n) is 6.56. The van der Waals surface area contributed by atoms with Gasteiger partial charge in [-0.25, -0.2) is 0 Å². The Balaban J connectivity index is 1.93. The molecule has 5 heteroatoms. The lowest BCUT2D eigenvalue weighted by atomic mass is 9.85. The molecule has 0 spiro atoms. The molecule has 1 aromatic rings. The molecule has 0 amide bonds. The summed E-state index contributed by atoms with van der Waals surface area (Å²) in [5.41, 5.74) is 6.09. The highest BCUT2D eigenvalue weighted by molar-refractivity contribution is 5.01. The van der Waals surface area contributed by atoms with Crippen molar-refractivity contribution in [2.45, 2.75) is 45.1 Å². The fourth-order valence-corrected chi connectivity index (χ4v) is 2.06. The van der Waals surface area contributed by atoms with E-state index in [2.05, 4.69) is 28.9 Å². The van der Waals surface area contributed by atoms with Crippen molar-refractivity contribution in [1.29, 1.82) is 0 Å². The van der Waals surface area contributed by atoms with Crippen molar-refractivity contribution < 1.29 is 4.52 Å². The zero-order valence-corrected chi connectivity index (χ0v) is 10.7. The Morgan fingerprint density at radius 1 is 1.41 bits per heavy atom. The Hall–Kier alpha value is -0.940. The second-order valence-electron chi connectivity index (χ2n) is 4.71. The van der Waals surface area contributed by atoms with Crippen molar-refractivity contribution in [2.24, 2.45) is 5.73 Å². The molecule has 2 N–H and O–H groups in total. The van der Waals surface area contributed by atoms with Gasteiger partial charge in [0.25, 0.3) is 0 Å². The van der Waals surface area contributed by atoms with E-state index in [1.54, 1.807) is 0 Å². The third-order valence-corrected chi connectivity index (χ3v) is 3.59. The highest BCUT2D eigenvalue weighted by Gasteiger charge is 2.26. The van der Waals surface area contributed by atoms with E-state index in [1.165, 1.54) is 19.3 Å². The van der Waals surface area contributed by atoms with Crippen LogP contribution in [-0.2, 0) is 0 Å². The second-order valence-corrected chi connectivity index (χ2v) is 4.71. The van der Waals surface area contributed by atoms with Gasteiger partial charge in [0.15, 0.2) is 5.82 Å². The Kier molecular flexibility index (Phi) is 4.12. The molecule has 1 aromatic heterocycles. The molecule has 1 saturated carbocycles. The van der Waals surface area contributed by atoms with Crippen LogP contribution in [0.2, 0.25) is 0 Å². The Morgan fingerprint density at radius 3 is 2.65 bits per heavy atom. The molecule has 0 bridgehead atoms. The zero-order chi connectivity index (χ0) is 12.3. The lowest BCUT2D eigenvalue weighted by molar-refractivity contribution is 0.273. The van der Waals surface area contributed by atoms with Gasteiger partial charge in [-0.2, -0.15) is 4.98 Å². The van der Waals surface area contributed by atoms with E-state index >= 15 is 0 Å². The summed E-state index contributed by atoms with van der Waals surface area (Å²) in [6.45, 7) is 7.05. The molecule has 0 aliphatic heterocycles. The summed E-state index contributed by atoms with van der Waals surface area (Å²) >= 11 is 0. The Bertz CT molecular complexity index is 344. The Labute approximate surface area is 102 Å². The molecule has 1 fully saturated rings. The quantitative estimate of drug-likeness (QED) is 0.816. The first kappa shape index (κ1) is 12.5. The number of aromatic nitrogens is 2. The van der Waals surface area contributed by atoms with Crippen LogP contribution < -0.4 is 5.73 Å². The molecular formula is C12H22N4O. The van der Waals surface area contributed by atoms with Gasteiger partial charge in [-0.1, -0.05) is 25.4 Å². The highest BCUT2D eigenvalue weighted by Crippen LogP contribution is 2.35. The lowest BCUT2D eigenvalue weighted by Crippen LogP contribution is -2.32. The summed E-state index contributed by atoms with van der Waals surface area (Å²) < 4.78 is 5.28. The molecule has 2 rings (SSSR count). The van der Waals surface area contributed by atoms with Crippen molar-refractivity contribution in [2.75, 3.05) is 19.6 Å². The van der Waals surface area contributed by atoms with Crippen molar-refractivity contribution >= 4 is 0 Å². The van der Waals surface area contributed by atoms with Gasteiger partial charge in [0.2, 0.25) is 5.89 Å². The summed E-state index contributed by atoms with van der Waals surface area (Å²) in [6.07, 6.45) is 3.62. The number of rotatable bonds is 6. The van der Waals surface area contributed by atoms with E-state index in [0.717, 1.165) is 25.5 Å². The lowest BCUT2D eigenvalue weighted by Gasteiger charge is -2.21. The molecule has 1 aliphatic rings. The molecule has 5 nitrogen and oxygen atoms in total. The van der Waals surface area contributed by atoms with Gasteiger partial charge in [0.05, 0.1) is 6.04 Å². The molecule has 17 heavy (non-hydrogen) atoms. The molecule has 96 valence electrons. The van der Waals surface area contributed by atoms with Crippen LogP contribution in [0.3, 0.4) is 0 Å². The summed E-state index contributed by atoms with van der Waals surface area (Å²) in [5.74, 6) is 1.91. The average molecular weight is 238 g/mol. The number of nitrogens with zero attached hydrogens (tertiary/aromatic N) is 3. The average Bonchev–Trinajstić information content (AvgIpc) is 2.72. The maximum atomic E-state index is 6.09. The van der Waals surface area contributed by atoms with Crippen LogP contribution in [0.15, 0.2) is 4.52 Å². The van der Waals surface area contributed by atoms with Crippen LogP contribution in [0.5, 0.6) is 0 Å². The third kappa shape index (κ3) is 2.84. The topological polar surface area (TPSA) is 68.2 Å². The van der Waals surface area contributed by atoms with Gasteiger partial charge in [-0.15, -0.1) is 0 Å². The minimum absolute atomic E-state index is 0.146. The van der Waals surface area contributed by atoms with E-state index in [0.29, 0.717) is 11.7 Å². The van der Waals surface area contributed by atoms with E-state index in [9.17, 15) is 0 Å². The van der Waals surface area contributed by atoms with Gasteiger partial charge in [0, 0.05) is 12.5 Å². The standard InChI is InChI=1S/C12H22N4O/c1-3-16(4-2)8-10(13)11-14-12(17-15-11)9-6-5-7-9/h9-10H,3-8,13H2,1-2H3. The first-order chi connectivity index (χ1) is 8.24. The smallest absolute Gasteiger partial charge is 0.229 e. The summed E-state index contributed by atoms with van der Waals surface area (Å²) in [6, 6.07) is -0.146. The normalized spacial score (nSPS) is 18.4. The monoisotopic (exact) mass is 238 g/mol. The van der Waals surface area contributed by atoms with Crippen molar-refractivity contribution in [1.82, 2.24) is 15.0 Å². The molecule has 0 saturated heterocycles. The summed E-state index contributed by atoms with van der Waals surface area (Å²) in [4.78, 5) is 6.69.